The van der Waals surface area contributed by atoms with E-state index in [1.165, 1.54) is 0 Å². The van der Waals surface area contributed by atoms with Crippen LogP contribution in [0.2, 0.25) is 0 Å². The molecule has 0 saturated carbocycles. The molecule has 1 aromatic heterocycles. The van der Waals surface area contributed by atoms with E-state index in [1.54, 1.807) is 0 Å². The van der Waals surface area contributed by atoms with Crippen molar-refractivity contribution in [2.45, 2.75) is 32.9 Å². The van der Waals surface area contributed by atoms with Crippen LogP contribution in [0, 0.1) is 12.8 Å². The summed E-state index contributed by atoms with van der Waals surface area (Å²) in [5.74, 6) is 1.21. The molecule has 2 atom stereocenters. The number of carbonyl (C=O) groups excluding carboxylic acids is 1. The van der Waals surface area contributed by atoms with E-state index in [0.717, 1.165) is 24.4 Å². The van der Waals surface area contributed by atoms with Crippen LogP contribution >= 0.6 is 0 Å². The van der Waals surface area contributed by atoms with Gasteiger partial charge in [0.15, 0.2) is 0 Å². The molecule has 2 heterocycles. The van der Waals surface area contributed by atoms with Crippen LogP contribution in [0.5, 0.6) is 0 Å². The maximum absolute atomic E-state index is 11.8. The Labute approximate surface area is 94.6 Å². The summed E-state index contributed by atoms with van der Waals surface area (Å²) in [6, 6.07) is 1.76. The topological polar surface area (TPSA) is 67.2 Å². The average Bonchev–Trinajstić information content (AvgIpc) is 2.84. The highest BCUT2D eigenvalue weighted by molar-refractivity contribution is 5.82. The Morgan fingerprint density at radius 2 is 2.56 bits per heavy atom. The number of nitrogens with zero attached hydrogens (tertiary/aromatic N) is 1. The smallest absolute Gasteiger partial charge is 0.237 e. The summed E-state index contributed by atoms with van der Waals surface area (Å²) in [5, 5.41) is 9.88. The van der Waals surface area contributed by atoms with Crippen LogP contribution < -0.4 is 10.6 Å². The van der Waals surface area contributed by atoms with Crippen molar-refractivity contribution in [3.8, 4) is 0 Å². The maximum Gasteiger partial charge on any atom is 0.237 e. The molecule has 2 unspecified atom stereocenters. The van der Waals surface area contributed by atoms with Crippen LogP contribution in [-0.2, 0) is 11.3 Å². The molecule has 0 radical (unpaired) electrons. The van der Waals surface area contributed by atoms with Gasteiger partial charge >= 0.3 is 0 Å². The lowest BCUT2D eigenvalue weighted by molar-refractivity contribution is -0.123. The highest BCUT2D eigenvalue weighted by Gasteiger charge is 2.28. The van der Waals surface area contributed by atoms with Gasteiger partial charge in [-0.15, -0.1) is 0 Å². The quantitative estimate of drug-likeness (QED) is 0.787. The molecule has 1 amide bonds. The first kappa shape index (κ1) is 11.1. The molecule has 1 aliphatic heterocycles. The fourth-order valence-electron chi connectivity index (χ4n) is 1.97. The molecule has 16 heavy (non-hydrogen) atoms. The predicted molar refractivity (Wildman–Crippen MR) is 58.7 cm³/mol. The summed E-state index contributed by atoms with van der Waals surface area (Å²) in [6.07, 6.45) is 1.06. The van der Waals surface area contributed by atoms with Gasteiger partial charge in [0.05, 0.1) is 12.6 Å². The molecule has 0 spiro atoms. The van der Waals surface area contributed by atoms with E-state index in [-0.39, 0.29) is 11.9 Å². The summed E-state index contributed by atoms with van der Waals surface area (Å²) >= 11 is 0. The van der Waals surface area contributed by atoms with Crippen molar-refractivity contribution in [1.29, 1.82) is 0 Å². The number of aryl methyl sites for hydroxylation is 1. The van der Waals surface area contributed by atoms with Crippen molar-refractivity contribution in [2.24, 2.45) is 5.92 Å². The Morgan fingerprint density at radius 1 is 1.75 bits per heavy atom. The SMILES string of the molecule is Cc1cc(CNC(=O)C2NCCC2C)no1. The van der Waals surface area contributed by atoms with Crippen molar-refractivity contribution in [3.05, 3.63) is 17.5 Å². The lowest BCUT2D eigenvalue weighted by Gasteiger charge is -2.14. The molecule has 1 aromatic rings. The first-order valence-corrected chi connectivity index (χ1v) is 5.60. The standard InChI is InChI=1S/C11H17N3O2/c1-7-3-4-12-10(7)11(15)13-6-9-5-8(2)16-14-9/h5,7,10,12H,3-4,6H2,1-2H3,(H,13,15). The molecule has 0 bridgehead atoms. The molecule has 0 aliphatic carbocycles. The van der Waals surface area contributed by atoms with E-state index in [9.17, 15) is 4.79 Å². The number of rotatable bonds is 3. The van der Waals surface area contributed by atoms with E-state index in [0.29, 0.717) is 12.5 Å². The monoisotopic (exact) mass is 223 g/mol. The fourth-order valence-corrected chi connectivity index (χ4v) is 1.97. The second-order valence-corrected chi connectivity index (χ2v) is 4.34. The zero-order valence-corrected chi connectivity index (χ0v) is 9.62. The van der Waals surface area contributed by atoms with Crippen molar-refractivity contribution in [3.63, 3.8) is 0 Å². The van der Waals surface area contributed by atoms with Crippen molar-refractivity contribution >= 4 is 5.91 Å². The first-order chi connectivity index (χ1) is 7.66. The minimum atomic E-state index is -0.0620. The van der Waals surface area contributed by atoms with E-state index in [1.807, 2.05) is 13.0 Å². The Kier molecular flexibility index (Phi) is 3.24. The van der Waals surface area contributed by atoms with Gasteiger partial charge in [-0.05, 0) is 25.8 Å². The van der Waals surface area contributed by atoms with Crippen molar-refractivity contribution in [1.82, 2.24) is 15.8 Å². The molecule has 1 saturated heterocycles. The Morgan fingerprint density at radius 3 is 3.12 bits per heavy atom. The van der Waals surface area contributed by atoms with Gasteiger partial charge in [-0.2, -0.15) is 0 Å². The molecule has 2 rings (SSSR count). The molecule has 88 valence electrons. The number of carbonyl (C=O) groups is 1. The van der Waals surface area contributed by atoms with Crippen LogP contribution in [0.1, 0.15) is 24.8 Å². The third-order valence-corrected chi connectivity index (χ3v) is 2.94. The maximum atomic E-state index is 11.8. The van der Waals surface area contributed by atoms with Gasteiger partial charge in [0.25, 0.3) is 0 Å². The highest BCUT2D eigenvalue weighted by Crippen LogP contribution is 2.14. The summed E-state index contributed by atoms with van der Waals surface area (Å²) < 4.78 is 4.93. The van der Waals surface area contributed by atoms with E-state index >= 15 is 0 Å². The molecular formula is C11H17N3O2. The van der Waals surface area contributed by atoms with Gasteiger partial charge in [0, 0.05) is 6.07 Å². The second kappa shape index (κ2) is 4.65. The van der Waals surface area contributed by atoms with Crippen LogP contribution in [0.15, 0.2) is 10.6 Å². The largest absolute Gasteiger partial charge is 0.361 e. The van der Waals surface area contributed by atoms with Gasteiger partial charge in [-0.25, -0.2) is 0 Å². The van der Waals surface area contributed by atoms with Crippen LogP contribution in [0.25, 0.3) is 0 Å². The second-order valence-electron chi connectivity index (χ2n) is 4.34. The minimum absolute atomic E-state index is 0.0469. The summed E-state index contributed by atoms with van der Waals surface area (Å²) in [6.45, 7) is 5.27. The van der Waals surface area contributed by atoms with Gasteiger partial charge < -0.3 is 15.2 Å². The van der Waals surface area contributed by atoms with Gasteiger partial charge in [-0.3, -0.25) is 4.79 Å². The van der Waals surface area contributed by atoms with Crippen LogP contribution in [-0.4, -0.2) is 23.7 Å². The minimum Gasteiger partial charge on any atom is -0.361 e. The fraction of sp³-hybridized carbons (Fsp3) is 0.636. The Hall–Kier alpha value is -1.36. The molecule has 2 N–H and O–H groups in total. The zero-order chi connectivity index (χ0) is 11.5. The highest BCUT2D eigenvalue weighted by atomic mass is 16.5. The van der Waals surface area contributed by atoms with Crippen LogP contribution in [0.4, 0.5) is 0 Å². The normalized spacial score (nSPS) is 24.6. The number of amides is 1. The summed E-state index contributed by atoms with van der Waals surface area (Å²) in [7, 11) is 0. The number of aromatic nitrogens is 1. The molecule has 5 nitrogen and oxygen atoms in total. The van der Waals surface area contributed by atoms with Gasteiger partial charge in [0.1, 0.15) is 11.5 Å². The predicted octanol–water partition coefficient (Wildman–Crippen LogP) is 0.597. The number of nitrogens with one attached hydrogen (secondary N) is 2. The van der Waals surface area contributed by atoms with Crippen LogP contribution in [0.3, 0.4) is 0 Å². The molecule has 0 aromatic carbocycles. The van der Waals surface area contributed by atoms with E-state index in [2.05, 4.69) is 22.7 Å². The average molecular weight is 223 g/mol. The molecule has 1 fully saturated rings. The van der Waals surface area contributed by atoms with Crippen molar-refractivity contribution < 1.29 is 9.32 Å². The number of hydrogen-bond acceptors (Lipinski definition) is 4. The van der Waals surface area contributed by atoms with E-state index in [4.69, 9.17) is 4.52 Å². The lowest BCUT2D eigenvalue weighted by Crippen LogP contribution is -2.42. The Bertz CT molecular complexity index is 375. The zero-order valence-electron chi connectivity index (χ0n) is 9.62. The van der Waals surface area contributed by atoms with Gasteiger partial charge in [-0.1, -0.05) is 12.1 Å². The molecular weight excluding hydrogens is 206 g/mol. The first-order valence-electron chi connectivity index (χ1n) is 5.60. The lowest BCUT2D eigenvalue weighted by atomic mass is 10.0. The third kappa shape index (κ3) is 2.41. The van der Waals surface area contributed by atoms with Crippen molar-refractivity contribution in [2.75, 3.05) is 6.54 Å². The summed E-state index contributed by atoms with van der Waals surface area (Å²) in [5.41, 5.74) is 0.761. The molecule has 5 heteroatoms. The summed E-state index contributed by atoms with van der Waals surface area (Å²) in [4.78, 5) is 11.8. The van der Waals surface area contributed by atoms with Gasteiger partial charge in [0.2, 0.25) is 5.91 Å². The third-order valence-electron chi connectivity index (χ3n) is 2.94. The number of hydrogen-bond donors (Lipinski definition) is 2. The Balaban J connectivity index is 1.83. The van der Waals surface area contributed by atoms with E-state index < -0.39 is 0 Å². The molecule has 1 aliphatic rings.